The molecule has 0 saturated carbocycles. The van der Waals surface area contributed by atoms with Crippen molar-refractivity contribution in [2.75, 3.05) is 32.8 Å². The second-order valence-corrected chi connectivity index (χ2v) is 7.30. The lowest BCUT2D eigenvalue weighted by atomic mass is 10.1. The van der Waals surface area contributed by atoms with Crippen molar-refractivity contribution in [2.24, 2.45) is 5.92 Å². The normalized spacial score (nSPS) is 15.4. The number of carbonyl (C=O) groups excluding carboxylic acids is 2. The van der Waals surface area contributed by atoms with Gasteiger partial charge in [0.1, 0.15) is 5.75 Å². The topological polar surface area (TPSA) is 113 Å². The molecule has 1 aliphatic heterocycles. The fourth-order valence-electron chi connectivity index (χ4n) is 3.55. The van der Waals surface area contributed by atoms with Crippen molar-refractivity contribution in [3.05, 3.63) is 48.4 Å². The number of amides is 1. The van der Waals surface area contributed by atoms with Crippen molar-refractivity contribution in [3.63, 3.8) is 0 Å². The molecule has 1 fully saturated rings. The van der Waals surface area contributed by atoms with Crippen molar-refractivity contribution >= 4 is 17.6 Å². The van der Waals surface area contributed by atoms with E-state index in [9.17, 15) is 9.59 Å². The van der Waals surface area contributed by atoms with Crippen molar-refractivity contribution in [1.82, 2.24) is 10.1 Å². The maximum atomic E-state index is 12.5. The Balaban J connectivity index is 1.37. The van der Waals surface area contributed by atoms with Gasteiger partial charge in [0.25, 0.3) is 5.89 Å². The predicted octanol–water partition coefficient (Wildman–Crippen LogP) is 2.86. The van der Waals surface area contributed by atoms with E-state index in [1.54, 1.807) is 61.6 Å². The van der Waals surface area contributed by atoms with E-state index >= 15 is 0 Å². The average Bonchev–Trinajstić information content (AvgIpc) is 3.49. The standard InChI is InChI=1S/C23H23N3O7/c1-29-17-6-4-5-16(11-17)26-12-15(10-21(26)27)23(28)32-13-20-24-22(25-33-20)14-7-8-18(30-2)19(9-14)31-3/h4-9,11,15H,10,12-13H2,1-3H3. The van der Waals surface area contributed by atoms with Crippen LogP contribution in [0.5, 0.6) is 17.2 Å². The van der Waals surface area contributed by atoms with Crippen LogP contribution in [-0.2, 0) is 20.9 Å². The first kappa shape index (κ1) is 22.1. The first-order valence-corrected chi connectivity index (χ1v) is 10.2. The van der Waals surface area contributed by atoms with E-state index in [-0.39, 0.29) is 31.4 Å². The van der Waals surface area contributed by atoms with Crippen LogP contribution in [0.1, 0.15) is 12.3 Å². The van der Waals surface area contributed by atoms with Crippen LogP contribution in [0.4, 0.5) is 5.69 Å². The van der Waals surface area contributed by atoms with Crippen molar-refractivity contribution in [1.29, 1.82) is 0 Å². The molecule has 0 radical (unpaired) electrons. The summed E-state index contributed by atoms with van der Waals surface area (Å²) in [6, 6.07) is 12.3. The molecule has 10 nitrogen and oxygen atoms in total. The highest BCUT2D eigenvalue weighted by atomic mass is 16.6. The van der Waals surface area contributed by atoms with Gasteiger partial charge in [-0.15, -0.1) is 0 Å². The van der Waals surface area contributed by atoms with E-state index in [1.165, 1.54) is 7.11 Å². The molecule has 1 unspecified atom stereocenters. The molecule has 4 rings (SSSR count). The van der Waals surface area contributed by atoms with Gasteiger partial charge < -0.3 is 28.4 Å². The van der Waals surface area contributed by atoms with Crippen molar-refractivity contribution in [3.8, 4) is 28.6 Å². The molecular weight excluding hydrogens is 430 g/mol. The highest BCUT2D eigenvalue weighted by Gasteiger charge is 2.36. The van der Waals surface area contributed by atoms with E-state index in [4.69, 9.17) is 23.5 Å². The Labute approximate surface area is 190 Å². The fourth-order valence-corrected chi connectivity index (χ4v) is 3.55. The number of anilines is 1. The highest BCUT2D eigenvalue weighted by Crippen LogP contribution is 2.31. The van der Waals surface area contributed by atoms with Crippen molar-refractivity contribution in [2.45, 2.75) is 13.0 Å². The molecule has 2 aromatic carbocycles. The van der Waals surface area contributed by atoms with E-state index in [1.807, 2.05) is 0 Å². The third kappa shape index (κ3) is 4.74. The van der Waals surface area contributed by atoms with Gasteiger partial charge in [0.05, 0.1) is 27.2 Å². The summed E-state index contributed by atoms with van der Waals surface area (Å²) in [5.41, 5.74) is 1.33. The van der Waals surface area contributed by atoms with Gasteiger partial charge in [-0.1, -0.05) is 11.2 Å². The number of esters is 1. The second kappa shape index (κ2) is 9.60. The van der Waals surface area contributed by atoms with E-state index < -0.39 is 11.9 Å². The number of carbonyl (C=O) groups is 2. The minimum Gasteiger partial charge on any atom is -0.497 e. The Hall–Kier alpha value is -4.08. The van der Waals surface area contributed by atoms with Crippen LogP contribution >= 0.6 is 0 Å². The third-order valence-electron chi connectivity index (χ3n) is 5.27. The summed E-state index contributed by atoms with van der Waals surface area (Å²) < 4.78 is 26.2. The smallest absolute Gasteiger partial charge is 0.311 e. The van der Waals surface area contributed by atoms with Crippen LogP contribution in [-0.4, -0.2) is 49.9 Å². The SMILES string of the molecule is COc1cccc(N2CC(C(=O)OCc3nc(-c4ccc(OC)c(OC)c4)no3)CC2=O)c1. The molecule has 0 spiro atoms. The molecule has 1 aromatic heterocycles. The molecule has 0 aliphatic carbocycles. The minimum atomic E-state index is -0.586. The lowest BCUT2D eigenvalue weighted by Gasteiger charge is -2.17. The molecule has 0 bridgehead atoms. The summed E-state index contributed by atoms with van der Waals surface area (Å²) >= 11 is 0. The van der Waals surface area contributed by atoms with Gasteiger partial charge in [0, 0.05) is 30.3 Å². The van der Waals surface area contributed by atoms with Crippen molar-refractivity contribution < 1.29 is 33.1 Å². The summed E-state index contributed by atoms with van der Waals surface area (Å²) in [5, 5.41) is 3.92. The molecule has 1 saturated heterocycles. The summed E-state index contributed by atoms with van der Waals surface area (Å²) in [6.07, 6.45) is 0.0662. The van der Waals surface area contributed by atoms with Gasteiger partial charge in [-0.05, 0) is 30.3 Å². The Bertz CT molecular complexity index is 1160. The zero-order chi connectivity index (χ0) is 23.4. The van der Waals surface area contributed by atoms with E-state index in [2.05, 4.69) is 10.1 Å². The molecule has 33 heavy (non-hydrogen) atoms. The van der Waals surface area contributed by atoms with Gasteiger partial charge in [-0.25, -0.2) is 0 Å². The summed E-state index contributed by atoms with van der Waals surface area (Å²) in [4.78, 5) is 30.8. The van der Waals surface area contributed by atoms with E-state index in [0.29, 0.717) is 34.3 Å². The molecule has 1 atom stereocenters. The molecule has 1 amide bonds. The van der Waals surface area contributed by atoms with Gasteiger partial charge in [0.2, 0.25) is 11.7 Å². The third-order valence-corrected chi connectivity index (χ3v) is 5.27. The number of aromatic nitrogens is 2. The Kier molecular flexibility index (Phi) is 6.43. The average molecular weight is 453 g/mol. The quantitative estimate of drug-likeness (QED) is 0.475. The molecular formula is C23H23N3O7. The largest absolute Gasteiger partial charge is 0.497 e. The summed E-state index contributed by atoms with van der Waals surface area (Å²) in [6.45, 7) is 0.0362. The minimum absolute atomic E-state index is 0.0662. The lowest BCUT2D eigenvalue weighted by Crippen LogP contribution is -2.26. The zero-order valence-corrected chi connectivity index (χ0v) is 18.4. The van der Waals surface area contributed by atoms with Crippen LogP contribution in [0.15, 0.2) is 47.0 Å². The fraction of sp³-hybridized carbons (Fsp3) is 0.304. The Morgan fingerprint density at radius 1 is 1.09 bits per heavy atom. The van der Waals surface area contributed by atoms with Crippen LogP contribution in [0.3, 0.4) is 0 Å². The number of benzene rings is 2. The Morgan fingerprint density at radius 2 is 1.91 bits per heavy atom. The molecule has 1 aliphatic rings. The number of hydrogen-bond acceptors (Lipinski definition) is 9. The predicted molar refractivity (Wildman–Crippen MR) is 116 cm³/mol. The monoisotopic (exact) mass is 453 g/mol. The van der Waals surface area contributed by atoms with Gasteiger partial charge in [-0.2, -0.15) is 4.98 Å². The summed E-state index contributed by atoms with van der Waals surface area (Å²) in [7, 11) is 4.64. The number of hydrogen-bond donors (Lipinski definition) is 0. The first-order chi connectivity index (χ1) is 16.0. The van der Waals surface area contributed by atoms with Crippen LogP contribution in [0.25, 0.3) is 11.4 Å². The highest BCUT2D eigenvalue weighted by molar-refractivity contribution is 5.99. The molecule has 10 heteroatoms. The Morgan fingerprint density at radius 3 is 2.67 bits per heavy atom. The molecule has 3 aromatic rings. The number of ether oxygens (including phenoxy) is 4. The second-order valence-electron chi connectivity index (χ2n) is 7.30. The molecule has 2 heterocycles. The van der Waals surface area contributed by atoms with Gasteiger partial charge in [-0.3, -0.25) is 9.59 Å². The summed E-state index contributed by atoms with van der Waals surface area (Å²) in [5.74, 6) is 0.958. The number of methoxy groups -OCH3 is 3. The number of nitrogens with zero attached hydrogens (tertiary/aromatic N) is 3. The van der Waals surface area contributed by atoms with Crippen LogP contribution < -0.4 is 19.1 Å². The number of rotatable bonds is 8. The zero-order valence-electron chi connectivity index (χ0n) is 18.4. The van der Waals surface area contributed by atoms with Gasteiger partial charge in [0.15, 0.2) is 18.1 Å². The molecule has 0 N–H and O–H groups in total. The maximum absolute atomic E-state index is 12.5. The lowest BCUT2D eigenvalue weighted by molar-refractivity contribution is -0.150. The maximum Gasteiger partial charge on any atom is 0.311 e. The first-order valence-electron chi connectivity index (χ1n) is 10.2. The van der Waals surface area contributed by atoms with Crippen LogP contribution in [0, 0.1) is 5.92 Å². The van der Waals surface area contributed by atoms with E-state index in [0.717, 1.165) is 0 Å². The van der Waals surface area contributed by atoms with Crippen LogP contribution in [0.2, 0.25) is 0 Å². The molecule has 172 valence electrons. The van der Waals surface area contributed by atoms with Gasteiger partial charge >= 0.3 is 5.97 Å².